The summed E-state index contributed by atoms with van der Waals surface area (Å²) in [5, 5.41) is 0. The normalized spacial score (nSPS) is 11.4. The van der Waals surface area contributed by atoms with Gasteiger partial charge in [-0.15, -0.1) is 0 Å². The second kappa shape index (κ2) is 3.45. The highest BCUT2D eigenvalue weighted by Crippen LogP contribution is 2.16. The zero-order chi connectivity index (χ0) is 12.8. The van der Waals surface area contributed by atoms with E-state index < -0.39 is 0 Å². The Morgan fingerprint density at radius 2 is 1.63 bits per heavy atom. The molecule has 9 nitrogen and oxygen atoms in total. The molecule has 2 N–H and O–H groups in total. The van der Waals surface area contributed by atoms with Crippen molar-refractivity contribution >= 4 is 28.1 Å². The molecule has 0 saturated carbocycles. The Kier molecular flexibility index (Phi) is 1.79. The predicted octanol–water partition coefficient (Wildman–Crippen LogP) is -0.140. The molecule has 19 heavy (non-hydrogen) atoms. The molecule has 0 aromatic carbocycles. The van der Waals surface area contributed by atoms with E-state index in [4.69, 9.17) is 5.73 Å². The highest BCUT2D eigenvalue weighted by Gasteiger charge is 2.11. The van der Waals surface area contributed by atoms with Crippen molar-refractivity contribution in [1.29, 1.82) is 0 Å². The molecule has 0 radical (unpaired) electrons. The molecule has 0 fully saturated rings. The van der Waals surface area contributed by atoms with Gasteiger partial charge in [0.15, 0.2) is 22.6 Å². The van der Waals surface area contributed by atoms with Crippen molar-refractivity contribution in [1.82, 2.24) is 39.3 Å². The Morgan fingerprint density at radius 1 is 0.842 bits per heavy atom. The van der Waals surface area contributed by atoms with Gasteiger partial charge in [-0.1, -0.05) is 0 Å². The molecule has 0 aliphatic heterocycles. The number of nitrogens with two attached hydrogens (primary N) is 1. The first-order chi connectivity index (χ1) is 9.34. The van der Waals surface area contributed by atoms with Crippen molar-refractivity contribution < 1.29 is 0 Å². The zero-order valence-corrected chi connectivity index (χ0v) is 9.54. The van der Waals surface area contributed by atoms with Crippen LogP contribution in [0.3, 0.4) is 0 Å². The summed E-state index contributed by atoms with van der Waals surface area (Å²) in [5.41, 5.74) is 8.23. The maximum Gasteiger partial charge on any atom is 0.185 e. The van der Waals surface area contributed by atoms with Crippen LogP contribution in [0.15, 0.2) is 31.5 Å². The first-order valence-corrected chi connectivity index (χ1v) is 5.42. The Hall–Kier alpha value is -3.10. The smallest absolute Gasteiger partial charge is 0.185 e. The summed E-state index contributed by atoms with van der Waals surface area (Å²) in [6, 6.07) is 0. The topological polar surface area (TPSA) is 113 Å². The Morgan fingerprint density at radius 3 is 2.58 bits per heavy atom. The molecule has 4 rings (SSSR count). The molecule has 0 saturated heterocycles. The lowest BCUT2D eigenvalue weighted by Crippen LogP contribution is -2.08. The fraction of sp³-hybridized carbons (Fsp3) is 0. The molecule has 0 bridgehead atoms. The Labute approximate surface area is 105 Å². The number of anilines is 1. The van der Waals surface area contributed by atoms with Gasteiger partial charge in [0, 0.05) is 0 Å². The van der Waals surface area contributed by atoms with Crippen LogP contribution in [0.5, 0.6) is 0 Å². The Balaban J connectivity index is 2.07. The first-order valence-electron chi connectivity index (χ1n) is 5.42. The van der Waals surface area contributed by atoms with E-state index in [1.54, 1.807) is 28.2 Å². The van der Waals surface area contributed by atoms with Crippen LogP contribution in [0.1, 0.15) is 0 Å². The molecule has 0 unspecified atom stereocenters. The molecule has 0 atom stereocenters. The molecule has 0 aliphatic rings. The second-order valence-electron chi connectivity index (χ2n) is 3.84. The number of fused-ring (bicyclic) bond motifs is 2. The number of aromatic nitrogens is 8. The number of rotatable bonds is 1. The molecular weight excluding hydrogens is 246 g/mol. The van der Waals surface area contributed by atoms with Crippen molar-refractivity contribution in [2.45, 2.75) is 0 Å². The summed E-state index contributed by atoms with van der Waals surface area (Å²) in [4.78, 5) is 24.6. The van der Waals surface area contributed by atoms with E-state index in [-0.39, 0.29) is 0 Å². The van der Waals surface area contributed by atoms with Gasteiger partial charge in [-0.3, -0.25) is 0 Å². The van der Waals surface area contributed by atoms with Gasteiger partial charge < -0.3 is 5.73 Å². The van der Waals surface area contributed by atoms with Crippen molar-refractivity contribution in [3.05, 3.63) is 31.5 Å². The number of imidazole rings is 2. The summed E-state index contributed by atoms with van der Waals surface area (Å²) >= 11 is 0. The zero-order valence-electron chi connectivity index (χ0n) is 9.54. The van der Waals surface area contributed by atoms with E-state index in [0.717, 1.165) is 0 Å². The average molecular weight is 253 g/mol. The summed E-state index contributed by atoms with van der Waals surface area (Å²) in [5.74, 6) is 0.336. The summed E-state index contributed by atoms with van der Waals surface area (Å²) in [7, 11) is 0. The van der Waals surface area contributed by atoms with E-state index in [1.165, 1.54) is 12.7 Å². The lowest BCUT2D eigenvalue weighted by molar-refractivity contribution is 0.687. The van der Waals surface area contributed by atoms with Crippen LogP contribution in [0.4, 0.5) is 5.82 Å². The third-order valence-corrected chi connectivity index (χ3v) is 2.77. The van der Waals surface area contributed by atoms with E-state index >= 15 is 0 Å². The van der Waals surface area contributed by atoms with Gasteiger partial charge in [0.05, 0.1) is 6.20 Å². The van der Waals surface area contributed by atoms with E-state index in [9.17, 15) is 0 Å². The minimum absolute atomic E-state index is 0.336. The third kappa shape index (κ3) is 1.29. The molecule has 0 spiro atoms. The van der Waals surface area contributed by atoms with Crippen LogP contribution >= 0.6 is 0 Å². The quantitative estimate of drug-likeness (QED) is 0.502. The van der Waals surface area contributed by atoms with Crippen molar-refractivity contribution in [3.8, 4) is 0 Å². The molecular formula is C10H7N9. The number of hydrogen-bond acceptors (Lipinski definition) is 7. The summed E-state index contributed by atoms with van der Waals surface area (Å²) < 4.78 is 3.43. The molecule has 0 aliphatic carbocycles. The highest BCUT2D eigenvalue weighted by atomic mass is 15.5. The Bertz CT molecular complexity index is 890. The second-order valence-corrected chi connectivity index (χ2v) is 3.84. The fourth-order valence-electron chi connectivity index (χ4n) is 1.91. The molecule has 4 aromatic heterocycles. The minimum Gasteiger partial charge on any atom is -0.382 e. The fourth-order valence-corrected chi connectivity index (χ4v) is 1.91. The highest BCUT2D eigenvalue weighted by molar-refractivity contribution is 5.81. The molecule has 9 heteroatoms. The maximum atomic E-state index is 5.76. The largest absolute Gasteiger partial charge is 0.382 e. The lowest BCUT2D eigenvalue weighted by Gasteiger charge is -2.04. The van der Waals surface area contributed by atoms with Crippen LogP contribution < -0.4 is 5.73 Å². The number of hydrogen-bond donors (Lipinski definition) is 1. The van der Waals surface area contributed by atoms with Gasteiger partial charge in [-0.25, -0.2) is 39.3 Å². The van der Waals surface area contributed by atoms with Gasteiger partial charge in [-0.05, 0) is 0 Å². The van der Waals surface area contributed by atoms with Gasteiger partial charge >= 0.3 is 0 Å². The standard InChI is InChI=1S/C10H7N9/c11-8-7-10(15-3-13-8)19(5-17-7)18-4-16-6-1-12-2-14-9(6)18/h1-5H,(H2,11,13,15). The molecule has 4 aromatic rings. The van der Waals surface area contributed by atoms with Gasteiger partial charge in [-0.2, -0.15) is 0 Å². The third-order valence-electron chi connectivity index (χ3n) is 2.77. The van der Waals surface area contributed by atoms with E-state index in [1.807, 2.05) is 0 Å². The van der Waals surface area contributed by atoms with Gasteiger partial charge in [0.1, 0.15) is 30.8 Å². The lowest BCUT2D eigenvalue weighted by atomic mass is 10.5. The number of nitrogen functional groups attached to an aromatic ring is 1. The predicted molar refractivity (Wildman–Crippen MR) is 65.9 cm³/mol. The van der Waals surface area contributed by atoms with Crippen LogP contribution in [0.25, 0.3) is 22.3 Å². The van der Waals surface area contributed by atoms with Gasteiger partial charge in [0.25, 0.3) is 0 Å². The van der Waals surface area contributed by atoms with Gasteiger partial charge in [0.2, 0.25) is 0 Å². The van der Waals surface area contributed by atoms with Crippen LogP contribution in [-0.4, -0.2) is 39.3 Å². The average Bonchev–Trinajstić information content (AvgIpc) is 3.02. The molecule has 4 heterocycles. The SMILES string of the molecule is Nc1ncnc2c1ncn2-n1cnc2cncnc21. The summed E-state index contributed by atoms with van der Waals surface area (Å²) in [6.07, 6.45) is 7.71. The molecule has 92 valence electrons. The summed E-state index contributed by atoms with van der Waals surface area (Å²) in [6.45, 7) is 0. The van der Waals surface area contributed by atoms with Crippen LogP contribution in [0.2, 0.25) is 0 Å². The minimum atomic E-state index is 0.336. The van der Waals surface area contributed by atoms with E-state index in [2.05, 4.69) is 29.9 Å². The van der Waals surface area contributed by atoms with E-state index in [0.29, 0.717) is 28.1 Å². The molecule has 0 amide bonds. The van der Waals surface area contributed by atoms with Crippen molar-refractivity contribution in [2.75, 3.05) is 5.73 Å². The maximum absolute atomic E-state index is 5.76. The first kappa shape index (κ1) is 9.88. The van der Waals surface area contributed by atoms with Crippen molar-refractivity contribution in [2.24, 2.45) is 0 Å². The van der Waals surface area contributed by atoms with Crippen molar-refractivity contribution in [3.63, 3.8) is 0 Å². The number of nitrogens with zero attached hydrogens (tertiary/aromatic N) is 8. The monoisotopic (exact) mass is 253 g/mol. The van der Waals surface area contributed by atoms with Crippen LogP contribution in [-0.2, 0) is 0 Å². The van der Waals surface area contributed by atoms with Crippen LogP contribution in [0, 0.1) is 0 Å².